The number of hydrogen-bond acceptors (Lipinski definition) is 2. The Balaban J connectivity index is 4.22. The van der Waals surface area contributed by atoms with E-state index in [2.05, 4.69) is 6.58 Å². The molecule has 0 atom stereocenters. The van der Waals surface area contributed by atoms with E-state index in [0.717, 1.165) is 0 Å². The van der Waals surface area contributed by atoms with Crippen LogP contribution in [0.15, 0.2) is 12.2 Å². The molecule has 5 heteroatoms. The van der Waals surface area contributed by atoms with Crippen LogP contribution in [0.4, 0.5) is 13.2 Å². The zero-order chi connectivity index (χ0) is 9.94. The largest absolute Gasteiger partial charge is 0.454 e. The van der Waals surface area contributed by atoms with Crippen LogP contribution in [-0.4, -0.2) is 37.5 Å². The first-order valence-electron chi connectivity index (χ1n) is 3.19. The lowest BCUT2D eigenvalue weighted by Crippen LogP contribution is -2.29. The molecule has 0 unspecified atom stereocenters. The predicted octanol–water partition coefficient (Wildman–Crippen LogP) is 1.24. The van der Waals surface area contributed by atoms with Gasteiger partial charge >= 0.3 is 6.18 Å². The van der Waals surface area contributed by atoms with E-state index >= 15 is 0 Å². The van der Waals surface area contributed by atoms with E-state index in [1.54, 1.807) is 14.1 Å². The molecule has 0 radical (unpaired) electrons. The van der Waals surface area contributed by atoms with Crippen molar-refractivity contribution >= 4 is 5.78 Å². The molecule has 0 aliphatic heterocycles. The second kappa shape index (κ2) is 3.71. The molecule has 0 aliphatic rings. The van der Waals surface area contributed by atoms with Gasteiger partial charge in [0.05, 0.1) is 0 Å². The summed E-state index contributed by atoms with van der Waals surface area (Å²) in [6, 6.07) is 0. The van der Waals surface area contributed by atoms with Crippen molar-refractivity contribution in [2.24, 2.45) is 0 Å². The van der Waals surface area contributed by atoms with Crippen molar-refractivity contribution in [1.82, 2.24) is 4.90 Å². The highest BCUT2D eigenvalue weighted by Crippen LogP contribution is 2.19. The summed E-state index contributed by atoms with van der Waals surface area (Å²) in [5, 5.41) is 0. The SMILES string of the molecule is C=C(CN(C)C)C(=O)C(F)(F)F. The van der Waals surface area contributed by atoms with Crippen LogP contribution in [0.2, 0.25) is 0 Å². The number of ketones is 1. The average molecular weight is 181 g/mol. The van der Waals surface area contributed by atoms with Gasteiger partial charge in [-0.3, -0.25) is 4.79 Å². The number of carbonyl (C=O) groups is 1. The molecule has 0 aromatic rings. The van der Waals surface area contributed by atoms with E-state index < -0.39 is 17.5 Å². The molecule has 0 amide bonds. The van der Waals surface area contributed by atoms with E-state index in [9.17, 15) is 18.0 Å². The minimum atomic E-state index is -4.80. The van der Waals surface area contributed by atoms with Crippen LogP contribution in [0.1, 0.15) is 0 Å². The van der Waals surface area contributed by atoms with E-state index in [1.165, 1.54) is 4.90 Å². The molecule has 2 nitrogen and oxygen atoms in total. The lowest BCUT2D eigenvalue weighted by atomic mass is 10.2. The number of carbonyl (C=O) groups excluding carboxylic acids is 1. The number of hydrogen-bond donors (Lipinski definition) is 0. The monoisotopic (exact) mass is 181 g/mol. The van der Waals surface area contributed by atoms with Crippen molar-refractivity contribution in [2.45, 2.75) is 6.18 Å². The van der Waals surface area contributed by atoms with Gasteiger partial charge in [-0.15, -0.1) is 0 Å². The molecule has 0 aromatic heterocycles. The summed E-state index contributed by atoms with van der Waals surface area (Å²) < 4.78 is 35.2. The first kappa shape index (κ1) is 11.2. The van der Waals surface area contributed by atoms with E-state index in [4.69, 9.17) is 0 Å². The predicted molar refractivity (Wildman–Crippen MR) is 38.8 cm³/mol. The molecular formula is C7H10F3NO. The molecule has 0 heterocycles. The van der Waals surface area contributed by atoms with Crippen molar-refractivity contribution < 1.29 is 18.0 Å². The van der Waals surface area contributed by atoms with Crippen molar-refractivity contribution in [3.8, 4) is 0 Å². The highest BCUT2D eigenvalue weighted by Gasteiger charge is 2.39. The van der Waals surface area contributed by atoms with Crippen molar-refractivity contribution in [3.63, 3.8) is 0 Å². The first-order valence-corrected chi connectivity index (χ1v) is 3.19. The van der Waals surface area contributed by atoms with Gasteiger partial charge in [0, 0.05) is 12.1 Å². The van der Waals surface area contributed by atoms with Gasteiger partial charge in [0.1, 0.15) is 0 Å². The Labute approximate surface area is 68.7 Å². The fraction of sp³-hybridized carbons (Fsp3) is 0.571. The highest BCUT2D eigenvalue weighted by atomic mass is 19.4. The van der Waals surface area contributed by atoms with Gasteiger partial charge < -0.3 is 4.90 Å². The van der Waals surface area contributed by atoms with Crippen molar-refractivity contribution in [2.75, 3.05) is 20.6 Å². The van der Waals surface area contributed by atoms with E-state index in [1.807, 2.05) is 0 Å². The van der Waals surface area contributed by atoms with Gasteiger partial charge in [-0.25, -0.2) is 0 Å². The second-order valence-electron chi connectivity index (χ2n) is 2.67. The third kappa shape index (κ3) is 3.52. The maximum Gasteiger partial charge on any atom is 0.454 e. The molecule has 70 valence electrons. The third-order valence-electron chi connectivity index (χ3n) is 1.09. The average Bonchev–Trinajstić information content (AvgIpc) is 1.82. The van der Waals surface area contributed by atoms with Crippen LogP contribution in [0.5, 0.6) is 0 Å². The fourth-order valence-corrected chi connectivity index (χ4v) is 0.654. The number of Topliss-reactive ketones (excluding diaryl/α,β-unsaturated/α-hetero) is 1. The maximum atomic E-state index is 11.7. The van der Waals surface area contributed by atoms with Crippen LogP contribution in [0.25, 0.3) is 0 Å². The maximum absolute atomic E-state index is 11.7. The summed E-state index contributed by atoms with van der Waals surface area (Å²) in [6.45, 7) is 2.98. The van der Waals surface area contributed by atoms with Crippen molar-refractivity contribution in [1.29, 1.82) is 0 Å². The van der Waals surface area contributed by atoms with Crippen LogP contribution >= 0.6 is 0 Å². The summed E-state index contributed by atoms with van der Waals surface area (Å²) in [5.74, 6) is -1.85. The molecule has 0 fully saturated rings. The van der Waals surface area contributed by atoms with Gasteiger partial charge in [-0.1, -0.05) is 6.58 Å². The zero-order valence-corrected chi connectivity index (χ0v) is 6.90. The Hall–Kier alpha value is -0.840. The molecule has 0 aliphatic carbocycles. The molecule has 0 spiro atoms. The Bertz CT molecular complexity index is 195. The zero-order valence-electron chi connectivity index (χ0n) is 6.90. The van der Waals surface area contributed by atoms with Crippen LogP contribution in [0.3, 0.4) is 0 Å². The highest BCUT2D eigenvalue weighted by molar-refractivity contribution is 5.99. The first-order chi connectivity index (χ1) is 5.25. The van der Waals surface area contributed by atoms with Crippen LogP contribution < -0.4 is 0 Å². The number of nitrogens with zero attached hydrogens (tertiary/aromatic N) is 1. The van der Waals surface area contributed by atoms with Gasteiger partial charge in [0.15, 0.2) is 0 Å². The molecule has 12 heavy (non-hydrogen) atoms. The summed E-state index contributed by atoms with van der Waals surface area (Å²) >= 11 is 0. The van der Waals surface area contributed by atoms with Crippen LogP contribution in [-0.2, 0) is 4.79 Å². The van der Waals surface area contributed by atoms with Gasteiger partial charge in [-0.2, -0.15) is 13.2 Å². The molecule has 0 N–H and O–H groups in total. The second-order valence-corrected chi connectivity index (χ2v) is 2.67. The molecule has 0 rings (SSSR count). The Morgan fingerprint density at radius 2 is 1.83 bits per heavy atom. The lowest BCUT2D eigenvalue weighted by molar-refractivity contribution is -0.166. The standard InChI is InChI=1S/C7H10F3NO/c1-5(4-11(2)3)6(12)7(8,9)10/h1,4H2,2-3H3. The van der Waals surface area contributed by atoms with Crippen LogP contribution in [0, 0.1) is 0 Å². The Morgan fingerprint density at radius 3 is 2.08 bits per heavy atom. The molecule has 0 saturated heterocycles. The van der Waals surface area contributed by atoms with E-state index in [0.29, 0.717) is 0 Å². The van der Waals surface area contributed by atoms with Gasteiger partial charge in [0.25, 0.3) is 5.78 Å². The number of rotatable bonds is 3. The molecular weight excluding hydrogens is 171 g/mol. The van der Waals surface area contributed by atoms with Gasteiger partial charge in [0.2, 0.25) is 0 Å². The molecule has 0 aromatic carbocycles. The summed E-state index contributed by atoms with van der Waals surface area (Å²) in [4.78, 5) is 11.9. The topological polar surface area (TPSA) is 20.3 Å². The minimum absolute atomic E-state index is 0.0711. The summed E-state index contributed by atoms with van der Waals surface area (Å²) in [6.07, 6.45) is -4.80. The third-order valence-corrected chi connectivity index (χ3v) is 1.09. The van der Waals surface area contributed by atoms with E-state index in [-0.39, 0.29) is 6.54 Å². The molecule has 0 saturated carbocycles. The van der Waals surface area contributed by atoms with Gasteiger partial charge in [-0.05, 0) is 14.1 Å². The van der Waals surface area contributed by atoms with Crippen molar-refractivity contribution in [3.05, 3.63) is 12.2 Å². The Morgan fingerprint density at radius 1 is 1.42 bits per heavy atom. The smallest absolute Gasteiger partial charge is 0.305 e. The number of likely N-dealkylation sites (N-methyl/N-ethyl adjacent to an activating group) is 1. The Kier molecular flexibility index (Phi) is 3.45. The summed E-state index contributed by atoms with van der Waals surface area (Å²) in [5.41, 5.74) is -0.437. The number of alkyl halides is 3. The lowest BCUT2D eigenvalue weighted by Gasteiger charge is -2.12. The summed E-state index contributed by atoms with van der Waals surface area (Å²) in [7, 11) is 3.13. The normalized spacial score (nSPS) is 11.8. The number of halogens is 3. The minimum Gasteiger partial charge on any atom is -0.305 e. The fourth-order valence-electron chi connectivity index (χ4n) is 0.654. The molecule has 0 bridgehead atoms. The quantitative estimate of drug-likeness (QED) is 0.610.